The predicted octanol–water partition coefficient (Wildman–Crippen LogP) is 0.298. The van der Waals surface area contributed by atoms with Crippen molar-refractivity contribution in [2.24, 2.45) is 0 Å². The van der Waals surface area contributed by atoms with Gasteiger partial charge in [0, 0.05) is 6.07 Å². The molecular weight excluding hydrogens is 396 g/mol. The smallest absolute Gasteiger partial charge is 0.283 e. The zero-order chi connectivity index (χ0) is 21.0. The molecule has 0 unspecified atom stereocenters. The van der Waals surface area contributed by atoms with Crippen LogP contribution in [0.25, 0.3) is 0 Å². The minimum atomic E-state index is -3.57. The molecule has 1 atom stereocenters. The first kappa shape index (κ1) is 21.3. The van der Waals surface area contributed by atoms with Gasteiger partial charge >= 0.3 is 0 Å². The Morgan fingerprint density at radius 3 is 2.52 bits per heavy atom. The Bertz CT molecular complexity index is 934. The maximum atomic E-state index is 12.9. The topological polar surface area (TPSA) is 106 Å². The SMILES string of the molecule is CCOc1ccc(S(=O)(=O)N2CC[NH+]([C@@H](C)C(=O)Nc3cc(C)on3)CC2)cc1. The summed E-state index contributed by atoms with van der Waals surface area (Å²) < 4.78 is 37.6. The number of carbonyl (C=O) groups is 1. The van der Waals surface area contributed by atoms with E-state index < -0.39 is 10.0 Å². The number of carbonyl (C=O) groups excluding carboxylic acids is 1. The van der Waals surface area contributed by atoms with Crippen LogP contribution in [0.3, 0.4) is 0 Å². The van der Waals surface area contributed by atoms with Crippen LogP contribution in [0.15, 0.2) is 39.8 Å². The lowest BCUT2D eigenvalue weighted by atomic mass is 10.2. The van der Waals surface area contributed by atoms with Crippen LogP contribution in [0, 0.1) is 6.92 Å². The van der Waals surface area contributed by atoms with Gasteiger partial charge in [0.15, 0.2) is 11.9 Å². The number of nitrogens with zero attached hydrogens (tertiary/aromatic N) is 2. The van der Waals surface area contributed by atoms with E-state index in [2.05, 4.69) is 10.5 Å². The summed E-state index contributed by atoms with van der Waals surface area (Å²) in [6.07, 6.45) is 0. The molecule has 1 aromatic heterocycles. The standard InChI is InChI=1S/C19H26N4O5S/c1-4-27-16-5-7-17(8-6-16)29(25,26)23-11-9-22(10-12-23)15(3)19(24)20-18-13-14(2)28-21-18/h5-8,13,15H,4,9-12H2,1-3H3,(H,20,21,24)/p+1/t15-/m0/s1. The molecule has 3 rings (SSSR count). The van der Waals surface area contributed by atoms with Crippen molar-refractivity contribution < 1.29 is 27.4 Å². The number of hydrogen-bond acceptors (Lipinski definition) is 6. The van der Waals surface area contributed by atoms with E-state index in [0.717, 1.165) is 4.90 Å². The lowest BCUT2D eigenvalue weighted by molar-refractivity contribution is -0.917. The summed E-state index contributed by atoms with van der Waals surface area (Å²) in [5, 5.41) is 6.50. The molecule has 0 saturated carbocycles. The number of ether oxygens (including phenoxy) is 1. The minimum absolute atomic E-state index is 0.170. The number of quaternary nitrogens is 1. The van der Waals surface area contributed by atoms with Crippen molar-refractivity contribution in [2.75, 3.05) is 38.1 Å². The summed E-state index contributed by atoms with van der Waals surface area (Å²) in [6, 6.07) is 7.78. The van der Waals surface area contributed by atoms with E-state index in [-0.39, 0.29) is 16.8 Å². The molecule has 158 valence electrons. The van der Waals surface area contributed by atoms with E-state index in [1.807, 2.05) is 13.8 Å². The minimum Gasteiger partial charge on any atom is -0.494 e. The molecule has 29 heavy (non-hydrogen) atoms. The summed E-state index contributed by atoms with van der Waals surface area (Å²) in [5.74, 6) is 1.47. The quantitative estimate of drug-likeness (QED) is 0.664. The van der Waals surface area contributed by atoms with Crippen LogP contribution in [-0.4, -0.2) is 62.6 Å². The first-order valence-corrected chi connectivity index (χ1v) is 11.1. The molecule has 2 heterocycles. The predicted molar refractivity (Wildman–Crippen MR) is 106 cm³/mol. The highest BCUT2D eigenvalue weighted by atomic mass is 32.2. The normalized spacial score (nSPS) is 17.1. The Kier molecular flexibility index (Phi) is 6.56. The first-order chi connectivity index (χ1) is 13.8. The molecule has 1 aromatic carbocycles. The molecule has 0 bridgehead atoms. The van der Waals surface area contributed by atoms with Crippen molar-refractivity contribution in [3.63, 3.8) is 0 Å². The average Bonchev–Trinajstić information content (AvgIpc) is 3.12. The number of benzene rings is 1. The van der Waals surface area contributed by atoms with Crippen LogP contribution in [0.4, 0.5) is 5.82 Å². The van der Waals surface area contributed by atoms with Crippen molar-refractivity contribution in [3.05, 3.63) is 36.1 Å². The molecule has 10 heteroatoms. The van der Waals surface area contributed by atoms with E-state index in [0.29, 0.717) is 50.1 Å². The monoisotopic (exact) mass is 423 g/mol. The second kappa shape index (κ2) is 8.93. The van der Waals surface area contributed by atoms with Crippen LogP contribution in [-0.2, 0) is 14.8 Å². The Morgan fingerprint density at radius 2 is 1.97 bits per heavy atom. The van der Waals surface area contributed by atoms with Crippen molar-refractivity contribution in [1.29, 1.82) is 0 Å². The van der Waals surface area contributed by atoms with E-state index in [1.165, 1.54) is 4.31 Å². The largest absolute Gasteiger partial charge is 0.494 e. The van der Waals surface area contributed by atoms with Crippen molar-refractivity contribution >= 4 is 21.7 Å². The zero-order valence-electron chi connectivity index (χ0n) is 16.8. The molecule has 2 aromatic rings. The molecule has 1 aliphatic heterocycles. The number of nitrogens with one attached hydrogen (secondary N) is 2. The second-order valence-electron chi connectivity index (χ2n) is 7.00. The number of piperazine rings is 1. The number of hydrogen-bond donors (Lipinski definition) is 2. The summed E-state index contributed by atoms with van der Waals surface area (Å²) in [4.78, 5) is 13.7. The van der Waals surface area contributed by atoms with Gasteiger partial charge in [0.05, 0.1) is 37.7 Å². The lowest BCUT2D eigenvalue weighted by Gasteiger charge is -2.34. The van der Waals surface area contributed by atoms with Crippen LogP contribution in [0.2, 0.25) is 0 Å². The van der Waals surface area contributed by atoms with Gasteiger partial charge in [-0.2, -0.15) is 4.31 Å². The van der Waals surface area contributed by atoms with Gasteiger partial charge in [-0.3, -0.25) is 4.79 Å². The molecule has 2 N–H and O–H groups in total. The van der Waals surface area contributed by atoms with Gasteiger partial charge in [0.2, 0.25) is 10.0 Å². The fourth-order valence-electron chi connectivity index (χ4n) is 3.32. The highest BCUT2D eigenvalue weighted by Crippen LogP contribution is 2.19. The Balaban J connectivity index is 1.58. The Hall–Kier alpha value is -2.43. The van der Waals surface area contributed by atoms with Crippen LogP contribution in [0.5, 0.6) is 5.75 Å². The summed E-state index contributed by atoms with van der Waals surface area (Å²) >= 11 is 0. The van der Waals surface area contributed by atoms with Crippen LogP contribution < -0.4 is 15.0 Å². The summed E-state index contributed by atoms with van der Waals surface area (Å²) in [6.45, 7) is 7.78. The fourth-order valence-corrected chi connectivity index (χ4v) is 4.76. The van der Waals surface area contributed by atoms with Crippen molar-refractivity contribution in [3.8, 4) is 5.75 Å². The Labute approximate surface area is 170 Å². The summed E-state index contributed by atoms with van der Waals surface area (Å²) in [7, 11) is -3.57. The molecule has 1 saturated heterocycles. The molecule has 1 fully saturated rings. The summed E-state index contributed by atoms with van der Waals surface area (Å²) in [5.41, 5.74) is 0. The van der Waals surface area contributed by atoms with Crippen molar-refractivity contribution in [2.45, 2.75) is 31.7 Å². The van der Waals surface area contributed by atoms with E-state index in [1.54, 1.807) is 37.3 Å². The third kappa shape index (κ3) is 4.95. The maximum absolute atomic E-state index is 12.9. The van der Waals surface area contributed by atoms with Crippen molar-refractivity contribution in [1.82, 2.24) is 9.46 Å². The Morgan fingerprint density at radius 1 is 1.31 bits per heavy atom. The molecule has 0 spiro atoms. The van der Waals surface area contributed by atoms with Gasteiger partial charge in [-0.15, -0.1) is 0 Å². The molecule has 0 radical (unpaired) electrons. The number of sulfonamides is 1. The van der Waals surface area contributed by atoms with E-state index >= 15 is 0 Å². The van der Waals surface area contributed by atoms with Gasteiger partial charge in [-0.05, 0) is 45.0 Å². The highest BCUT2D eigenvalue weighted by Gasteiger charge is 2.34. The van der Waals surface area contributed by atoms with Crippen LogP contribution >= 0.6 is 0 Å². The average molecular weight is 424 g/mol. The van der Waals surface area contributed by atoms with E-state index in [4.69, 9.17) is 9.26 Å². The number of rotatable bonds is 7. The van der Waals surface area contributed by atoms with Crippen LogP contribution in [0.1, 0.15) is 19.6 Å². The number of amides is 1. The lowest BCUT2D eigenvalue weighted by Crippen LogP contribution is -3.19. The maximum Gasteiger partial charge on any atom is 0.283 e. The highest BCUT2D eigenvalue weighted by molar-refractivity contribution is 7.89. The van der Waals surface area contributed by atoms with Gasteiger partial charge in [0.1, 0.15) is 11.5 Å². The third-order valence-electron chi connectivity index (χ3n) is 5.02. The molecule has 0 aliphatic carbocycles. The molecular formula is C19H27N4O5S+. The molecule has 1 aliphatic rings. The third-order valence-corrected chi connectivity index (χ3v) is 6.93. The number of aromatic nitrogens is 1. The van der Waals surface area contributed by atoms with E-state index in [9.17, 15) is 13.2 Å². The fraction of sp³-hybridized carbons (Fsp3) is 0.474. The molecule has 9 nitrogen and oxygen atoms in total. The second-order valence-corrected chi connectivity index (χ2v) is 8.94. The zero-order valence-corrected chi connectivity index (χ0v) is 17.7. The van der Waals surface area contributed by atoms with Gasteiger partial charge in [-0.25, -0.2) is 8.42 Å². The van der Waals surface area contributed by atoms with Gasteiger partial charge in [0.25, 0.3) is 5.91 Å². The number of anilines is 1. The number of aryl methyl sites for hydroxylation is 1. The van der Waals surface area contributed by atoms with Gasteiger partial charge < -0.3 is 19.5 Å². The first-order valence-electron chi connectivity index (χ1n) is 9.63. The van der Waals surface area contributed by atoms with Gasteiger partial charge in [-0.1, -0.05) is 5.16 Å². The molecule has 1 amide bonds.